The number of azo groups is 2. The van der Waals surface area contributed by atoms with Crippen LogP contribution >= 0.6 is 61.4 Å². The van der Waals surface area contributed by atoms with Crippen molar-refractivity contribution in [3.8, 4) is 0 Å². The fourth-order valence-electron chi connectivity index (χ4n) is 3.75. The van der Waals surface area contributed by atoms with Gasteiger partial charge in [-0.3, -0.25) is 0 Å². The summed E-state index contributed by atoms with van der Waals surface area (Å²) in [6.45, 7) is 8.88. The SMILES string of the molecule is CC[n+]1ccsc1N=Nc1ccc(N(C)CCOCCN(C)c2ccc(N=Nc3scc[n+]3CC)cc2)cc1.[Cl][Zn-2]([Cl])([Cl])[Cl]. The van der Waals surface area contributed by atoms with Gasteiger partial charge in [0.2, 0.25) is 0 Å². The van der Waals surface area contributed by atoms with Crippen LogP contribution in [0.2, 0.25) is 0 Å². The Balaban J connectivity index is 0.000000978. The summed E-state index contributed by atoms with van der Waals surface area (Å²) in [6.07, 6.45) is 4.05. The number of rotatable bonds is 14. The molecule has 0 aliphatic heterocycles. The van der Waals surface area contributed by atoms with E-state index in [0.717, 1.165) is 59.2 Å². The van der Waals surface area contributed by atoms with Crippen LogP contribution in [0, 0.1) is 0 Å². The van der Waals surface area contributed by atoms with Gasteiger partial charge in [0.1, 0.15) is 23.8 Å². The number of benzene rings is 2. The molecule has 0 bridgehead atoms. The van der Waals surface area contributed by atoms with Gasteiger partial charge in [-0.05, 0) is 95.3 Å². The van der Waals surface area contributed by atoms with Gasteiger partial charge in [-0.1, -0.05) is 0 Å². The molecule has 16 heteroatoms. The minimum absolute atomic E-state index is 0.654. The predicted molar refractivity (Wildman–Crippen MR) is 182 cm³/mol. The zero-order chi connectivity index (χ0) is 32.0. The summed E-state index contributed by atoms with van der Waals surface area (Å²) in [4.78, 5) is 4.36. The molecule has 0 saturated carbocycles. The number of aromatic nitrogens is 2. The number of likely N-dealkylation sites (N-methyl/N-ethyl adjacent to an activating group) is 2. The maximum atomic E-state index is 5.92. The number of hydrogen-bond donors (Lipinski definition) is 0. The summed E-state index contributed by atoms with van der Waals surface area (Å²) in [6, 6.07) is 16.2. The maximum absolute atomic E-state index is 5.92. The van der Waals surface area contributed by atoms with Gasteiger partial charge in [0, 0.05) is 49.3 Å². The summed E-state index contributed by atoms with van der Waals surface area (Å²) in [7, 11) is 21.0. The van der Waals surface area contributed by atoms with Crippen molar-refractivity contribution in [2.45, 2.75) is 26.9 Å². The summed E-state index contributed by atoms with van der Waals surface area (Å²) in [5, 5.41) is 23.3. The fraction of sp³-hybridized carbons (Fsp3) is 0.357. The van der Waals surface area contributed by atoms with E-state index in [0.29, 0.717) is 13.2 Å². The Morgan fingerprint density at radius 3 is 1.36 bits per heavy atom. The van der Waals surface area contributed by atoms with Crippen LogP contribution in [0.15, 0.2) is 92.1 Å². The van der Waals surface area contributed by atoms with Gasteiger partial charge in [-0.2, -0.15) is 0 Å². The Hall–Kier alpha value is -1.76. The van der Waals surface area contributed by atoms with Gasteiger partial charge in [-0.15, -0.1) is 0 Å². The normalized spacial score (nSPS) is 11.6. The molecule has 0 spiro atoms. The number of hydrogen-bond acceptors (Lipinski definition) is 9. The van der Waals surface area contributed by atoms with Gasteiger partial charge in [0.05, 0.1) is 36.5 Å². The topological polar surface area (TPSA) is 72.9 Å². The van der Waals surface area contributed by atoms with Crippen molar-refractivity contribution in [2.24, 2.45) is 20.5 Å². The van der Waals surface area contributed by atoms with Gasteiger partial charge in [0.15, 0.2) is 0 Å². The first kappa shape index (κ1) is 36.7. The number of nitrogens with zero attached hydrogens (tertiary/aromatic N) is 8. The molecule has 0 radical (unpaired) electrons. The molecule has 2 aromatic heterocycles. The molecule has 0 N–H and O–H groups in total. The first-order valence-corrected chi connectivity index (χ1v) is 31.5. The van der Waals surface area contributed by atoms with E-state index in [-0.39, 0.29) is 0 Å². The summed E-state index contributed by atoms with van der Waals surface area (Å²) >= 11 is 3.17. The molecule has 0 aliphatic rings. The second-order valence-corrected chi connectivity index (χ2v) is 38.9. The van der Waals surface area contributed by atoms with Crippen molar-refractivity contribution in [3.63, 3.8) is 0 Å². The monoisotopic (exact) mass is 768 g/mol. The van der Waals surface area contributed by atoms with Crippen LogP contribution in [-0.4, -0.2) is 40.4 Å². The van der Waals surface area contributed by atoms with E-state index in [1.807, 2.05) is 47.4 Å². The first-order chi connectivity index (χ1) is 21.1. The Bertz CT molecular complexity index is 1350. The van der Waals surface area contributed by atoms with E-state index in [9.17, 15) is 0 Å². The molecule has 2 aromatic carbocycles. The van der Waals surface area contributed by atoms with E-state index >= 15 is 0 Å². The van der Waals surface area contributed by atoms with Crippen LogP contribution in [-0.2, 0) is 28.6 Å². The van der Waals surface area contributed by atoms with Crippen molar-refractivity contribution in [2.75, 3.05) is 50.2 Å². The Kier molecular flexibility index (Phi) is 15.9. The summed E-state index contributed by atoms with van der Waals surface area (Å²) < 4.78 is 10.1. The van der Waals surface area contributed by atoms with Crippen LogP contribution in [0.1, 0.15) is 13.8 Å². The Labute approximate surface area is 286 Å². The summed E-state index contributed by atoms with van der Waals surface area (Å²) in [5.74, 6) is 0. The predicted octanol–water partition coefficient (Wildman–Crippen LogP) is 9.60. The van der Waals surface area contributed by atoms with Crippen LogP contribution in [0.25, 0.3) is 0 Å². The van der Waals surface area contributed by atoms with E-state index < -0.39 is 10.8 Å². The van der Waals surface area contributed by atoms with Crippen LogP contribution in [0.4, 0.5) is 33.0 Å². The molecule has 2 heterocycles. The Morgan fingerprint density at radius 2 is 1.02 bits per heavy atom. The molecule has 0 fully saturated rings. The van der Waals surface area contributed by atoms with Crippen LogP contribution in [0.3, 0.4) is 0 Å². The number of anilines is 2. The third-order valence-electron chi connectivity index (χ3n) is 6.23. The number of aryl methyl sites for hydroxylation is 2. The molecule has 236 valence electrons. The quantitative estimate of drug-likeness (QED) is 0.0555. The zero-order valence-corrected chi connectivity index (χ0v) is 32.8. The zero-order valence-electron chi connectivity index (χ0n) is 25.2. The number of ether oxygens (including phenoxy) is 1. The van der Waals surface area contributed by atoms with Crippen molar-refractivity contribution >= 4 is 94.5 Å². The van der Waals surface area contributed by atoms with Crippen LogP contribution in [0.5, 0.6) is 0 Å². The first-order valence-electron chi connectivity index (χ1n) is 14.1. The second kappa shape index (κ2) is 19.0. The van der Waals surface area contributed by atoms with Crippen molar-refractivity contribution in [1.29, 1.82) is 0 Å². The van der Waals surface area contributed by atoms with Gasteiger partial charge >= 0.3 is 59.8 Å². The van der Waals surface area contributed by atoms with E-state index in [1.54, 1.807) is 22.7 Å². The molecule has 4 rings (SSSR count). The van der Waals surface area contributed by atoms with E-state index in [1.165, 1.54) is 0 Å². The molecule has 0 aliphatic carbocycles. The van der Waals surface area contributed by atoms with Crippen molar-refractivity contribution in [1.82, 2.24) is 0 Å². The molecule has 0 amide bonds. The van der Waals surface area contributed by atoms with E-state index in [2.05, 4.69) is 91.6 Å². The summed E-state index contributed by atoms with van der Waals surface area (Å²) in [5.41, 5.74) is 3.92. The average Bonchev–Trinajstić information content (AvgIpc) is 3.67. The minimum atomic E-state index is -3.36. The second-order valence-electron chi connectivity index (χ2n) is 9.44. The van der Waals surface area contributed by atoms with Crippen molar-refractivity contribution < 1.29 is 24.7 Å². The fourth-order valence-corrected chi connectivity index (χ4v) is 5.23. The molecule has 4 aromatic rings. The molecule has 0 unspecified atom stereocenters. The van der Waals surface area contributed by atoms with Gasteiger partial charge < -0.3 is 14.5 Å². The molecule has 9 nitrogen and oxygen atoms in total. The molecular weight excluding hydrogens is 736 g/mol. The van der Waals surface area contributed by atoms with Crippen molar-refractivity contribution in [3.05, 3.63) is 71.7 Å². The molecular formula is C28H36Cl4N8OS2Zn. The number of halogens is 4. The third-order valence-corrected chi connectivity index (χ3v) is 7.80. The van der Waals surface area contributed by atoms with Crippen LogP contribution < -0.4 is 18.9 Å². The van der Waals surface area contributed by atoms with Gasteiger partial charge in [-0.25, -0.2) is 9.13 Å². The standard InChI is InChI=1S/C28H36N8OS2.4ClH.Zn/c1-5-35-17-21-38-27(35)31-29-23-7-11-25(12-8-23)33(3)15-19-37-20-16-34(4)26-13-9-24(10-14-26)30-32-28-36(6-2)18-22-39-28;;;;;/h7-14,17-18,21-22H,5-6,15-16,19-20H2,1-4H3;4*1H;/q+2;;;;;+2/p-4. The molecule has 0 atom stereocenters. The van der Waals surface area contributed by atoms with Gasteiger partial charge in [0.25, 0.3) is 0 Å². The average molecular weight is 772 g/mol. The third kappa shape index (κ3) is 13.3. The molecule has 44 heavy (non-hydrogen) atoms. The Morgan fingerprint density at radius 1 is 0.659 bits per heavy atom. The number of thiazole rings is 2. The van der Waals surface area contributed by atoms with E-state index in [4.69, 9.17) is 43.5 Å². The molecule has 0 saturated heterocycles.